The molecule has 1 N–H and O–H groups in total. The molecule has 1 aliphatic heterocycles. The molecule has 0 saturated carbocycles. The van der Waals surface area contributed by atoms with E-state index in [9.17, 15) is 9.59 Å². The van der Waals surface area contributed by atoms with Gasteiger partial charge in [-0.3, -0.25) is 9.69 Å². The van der Waals surface area contributed by atoms with Gasteiger partial charge in [-0.1, -0.05) is 12.1 Å². The molecule has 1 aromatic carbocycles. The van der Waals surface area contributed by atoms with E-state index in [2.05, 4.69) is 0 Å². The molecule has 90 valence electrons. The van der Waals surface area contributed by atoms with Gasteiger partial charge in [-0.15, -0.1) is 0 Å². The molecule has 1 aromatic rings. The number of anilines is 1. The van der Waals surface area contributed by atoms with Crippen molar-refractivity contribution in [2.45, 2.75) is 19.1 Å². The molecule has 5 heteroatoms. The van der Waals surface area contributed by atoms with Gasteiger partial charge in [0, 0.05) is 12.8 Å². The predicted octanol–water partition coefficient (Wildman–Crippen LogP) is 0.810. The number of carboxylic acid groups (broad SMARTS) is 1. The lowest BCUT2D eigenvalue weighted by Crippen LogP contribution is -2.69. The number of hydrogen-bond acceptors (Lipinski definition) is 3. The Balaban J connectivity index is 2.32. The highest BCUT2D eigenvalue weighted by atomic mass is 16.5. The smallest absolute Gasteiger partial charge is 0.330 e. The first-order valence-electron chi connectivity index (χ1n) is 5.21. The van der Waals surface area contributed by atoms with Gasteiger partial charge >= 0.3 is 5.97 Å². The van der Waals surface area contributed by atoms with E-state index >= 15 is 0 Å². The Hall–Kier alpha value is -1.88. The number of aryl methyl sites for hydroxylation is 1. The summed E-state index contributed by atoms with van der Waals surface area (Å²) in [7, 11) is 1.34. The number of benzene rings is 1. The molecule has 2 rings (SSSR count). The van der Waals surface area contributed by atoms with Gasteiger partial charge in [0.25, 0.3) is 5.91 Å². The molecule has 1 fully saturated rings. The summed E-state index contributed by atoms with van der Waals surface area (Å²) in [5, 5.41) is 9.08. The first kappa shape index (κ1) is 11.6. The fourth-order valence-electron chi connectivity index (χ4n) is 2.00. The second-order valence-corrected chi connectivity index (χ2v) is 3.99. The largest absolute Gasteiger partial charge is 0.480 e. The van der Waals surface area contributed by atoms with E-state index in [1.165, 1.54) is 12.0 Å². The monoisotopic (exact) mass is 235 g/mol. The van der Waals surface area contributed by atoms with Crippen LogP contribution in [0.25, 0.3) is 0 Å². The molecule has 1 amide bonds. The average Bonchev–Trinajstić information content (AvgIpc) is 2.26. The van der Waals surface area contributed by atoms with Crippen molar-refractivity contribution in [2.24, 2.45) is 0 Å². The van der Waals surface area contributed by atoms with Crippen molar-refractivity contribution in [1.82, 2.24) is 0 Å². The number of hydrogen-bond donors (Lipinski definition) is 1. The van der Waals surface area contributed by atoms with Crippen LogP contribution in [0.4, 0.5) is 5.69 Å². The highest BCUT2D eigenvalue weighted by Gasteiger charge is 2.53. The number of carbonyl (C=O) groups excluding carboxylic acids is 1. The molecule has 0 aliphatic carbocycles. The van der Waals surface area contributed by atoms with Crippen LogP contribution in [0.5, 0.6) is 0 Å². The van der Waals surface area contributed by atoms with Crippen LogP contribution in [-0.4, -0.2) is 36.2 Å². The molecule has 0 bridgehead atoms. The van der Waals surface area contributed by atoms with Gasteiger partial charge in [0.05, 0.1) is 0 Å². The first-order valence-corrected chi connectivity index (χ1v) is 5.21. The van der Waals surface area contributed by atoms with Crippen molar-refractivity contribution in [1.29, 1.82) is 0 Å². The van der Waals surface area contributed by atoms with Crippen molar-refractivity contribution in [2.75, 3.05) is 12.0 Å². The van der Waals surface area contributed by atoms with E-state index in [-0.39, 0.29) is 5.91 Å². The lowest BCUT2D eigenvalue weighted by Gasteiger charge is -2.43. The molecular formula is C12H13NO4. The van der Waals surface area contributed by atoms with Gasteiger partial charge in [0.1, 0.15) is 0 Å². The number of aliphatic carboxylic acids is 1. The minimum atomic E-state index is -1.06. The second kappa shape index (κ2) is 4.18. The Bertz CT molecular complexity index is 471. The first-order chi connectivity index (χ1) is 8.06. The molecule has 0 spiro atoms. The standard InChI is InChI=1S/C12H13NO4/c1-7-4-3-5-8(6-7)13-9(12(15)16)10(17-2)11(13)14/h3-6,9-10H,1-2H3,(H,15,16). The molecule has 1 heterocycles. The Morgan fingerprint density at radius 2 is 2.18 bits per heavy atom. The number of ether oxygens (including phenoxy) is 1. The Morgan fingerprint density at radius 1 is 1.47 bits per heavy atom. The number of carboxylic acids is 1. The summed E-state index contributed by atoms with van der Waals surface area (Å²) >= 11 is 0. The highest BCUT2D eigenvalue weighted by Crippen LogP contribution is 2.30. The van der Waals surface area contributed by atoms with Crippen LogP contribution < -0.4 is 4.90 Å². The summed E-state index contributed by atoms with van der Waals surface area (Å²) in [6.45, 7) is 1.89. The van der Waals surface area contributed by atoms with Gasteiger partial charge in [0.2, 0.25) is 0 Å². The van der Waals surface area contributed by atoms with Crippen molar-refractivity contribution < 1.29 is 19.4 Å². The molecule has 17 heavy (non-hydrogen) atoms. The molecule has 5 nitrogen and oxygen atoms in total. The third-order valence-corrected chi connectivity index (χ3v) is 2.83. The van der Waals surface area contributed by atoms with E-state index in [1.54, 1.807) is 18.2 Å². The maximum atomic E-state index is 11.8. The molecule has 0 aromatic heterocycles. The second-order valence-electron chi connectivity index (χ2n) is 3.99. The number of amides is 1. The SMILES string of the molecule is COC1C(=O)N(c2cccc(C)c2)C1C(=O)O. The summed E-state index contributed by atoms with van der Waals surface area (Å²) in [4.78, 5) is 24.1. The Labute approximate surface area is 98.6 Å². The van der Waals surface area contributed by atoms with Gasteiger partial charge < -0.3 is 9.84 Å². The zero-order chi connectivity index (χ0) is 12.6. The zero-order valence-corrected chi connectivity index (χ0v) is 9.58. The third kappa shape index (κ3) is 1.78. The lowest BCUT2D eigenvalue weighted by atomic mass is 9.96. The Morgan fingerprint density at radius 3 is 2.71 bits per heavy atom. The number of carbonyl (C=O) groups is 2. The van der Waals surface area contributed by atoms with Gasteiger partial charge in [-0.05, 0) is 24.6 Å². The highest BCUT2D eigenvalue weighted by molar-refractivity contribution is 6.12. The maximum absolute atomic E-state index is 11.8. The number of β-lactam (4-membered cyclic amide) rings is 1. The van der Waals surface area contributed by atoms with Crippen LogP contribution in [0, 0.1) is 6.92 Å². The number of rotatable bonds is 3. The van der Waals surface area contributed by atoms with Crippen LogP contribution in [0.15, 0.2) is 24.3 Å². The molecule has 2 atom stereocenters. The average molecular weight is 235 g/mol. The topological polar surface area (TPSA) is 66.8 Å². The number of nitrogens with zero attached hydrogens (tertiary/aromatic N) is 1. The third-order valence-electron chi connectivity index (χ3n) is 2.83. The predicted molar refractivity (Wildman–Crippen MR) is 60.9 cm³/mol. The summed E-state index contributed by atoms with van der Waals surface area (Å²) < 4.78 is 4.88. The van der Waals surface area contributed by atoms with Crippen LogP contribution in [0.2, 0.25) is 0 Å². The van der Waals surface area contributed by atoms with Crippen LogP contribution in [0.1, 0.15) is 5.56 Å². The fourth-order valence-corrected chi connectivity index (χ4v) is 2.00. The summed E-state index contributed by atoms with van der Waals surface area (Å²) in [5.41, 5.74) is 1.57. The van der Waals surface area contributed by atoms with Gasteiger partial charge in [-0.2, -0.15) is 0 Å². The van der Waals surface area contributed by atoms with E-state index in [1.807, 2.05) is 13.0 Å². The minimum Gasteiger partial charge on any atom is -0.480 e. The molecule has 1 aliphatic rings. The lowest BCUT2D eigenvalue weighted by molar-refractivity contribution is -0.155. The molecule has 2 unspecified atom stereocenters. The number of methoxy groups -OCH3 is 1. The van der Waals surface area contributed by atoms with Gasteiger partial charge in [0.15, 0.2) is 12.1 Å². The van der Waals surface area contributed by atoms with Crippen LogP contribution in [0.3, 0.4) is 0 Å². The van der Waals surface area contributed by atoms with E-state index < -0.39 is 18.1 Å². The fraction of sp³-hybridized carbons (Fsp3) is 0.333. The minimum absolute atomic E-state index is 0.314. The zero-order valence-electron chi connectivity index (χ0n) is 9.58. The van der Waals surface area contributed by atoms with Crippen LogP contribution >= 0.6 is 0 Å². The maximum Gasteiger partial charge on any atom is 0.330 e. The van der Waals surface area contributed by atoms with E-state index in [4.69, 9.17) is 9.84 Å². The summed E-state index contributed by atoms with van der Waals surface area (Å²) in [5.74, 6) is -1.37. The quantitative estimate of drug-likeness (QED) is 0.787. The van der Waals surface area contributed by atoms with Crippen molar-refractivity contribution in [3.63, 3.8) is 0 Å². The van der Waals surface area contributed by atoms with E-state index in [0.717, 1.165) is 5.56 Å². The van der Waals surface area contributed by atoms with E-state index in [0.29, 0.717) is 5.69 Å². The van der Waals surface area contributed by atoms with Gasteiger partial charge in [-0.25, -0.2) is 4.79 Å². The van der Waals surface area contributed by atoms with Crippen molar-refractivity contribution >= 4 is 17.6 Å². The van der Waals surface area contributed by atoms with Crippen LogP contribution in [-0.2, 0) is 14.3 Å². The molecule has 0 radical (unpaired) electrons. The summed E-state index contributed by atoms with van der Waals surface area (Å²) in [6.07, 6.45) is -0.881. The molecule has 1 saturated heterocycles. The Kier molecular flexibility index (Phi) is 2.85. The van der Waals surface area contributed by atoms with Crippen molar-refractivity contribution in [3.05, 3.63) is 29.8 Å². The normalized spacial score (nSPS) is 23.4. The molecular weight excluding hydrogens is 222 g/mol. The summed E-state index contributed by atoms with van der Waals surface area (Å²) in [6, 6.07) is 6.23. The van der Waals surface area contributed by atoms with Crippen molar-refractivity contribution in [3.8, 4) is 0 Å².